The first-order valence-corrected chi connectivity index (χ1v) is 11.2. The van der Waals surface area contributed by atoms with Crippen LogP contribution < -0.4 is 5.32 Å². The molecule has 0 aliphatic carbocycles. The number of carbonyl (C=O) groups is 1. The molecule has 7 heteroatoms. The zero-order valence-electron chi connectivity index (χ0n) is 16.8. The molecule has 0 fully saturated rings. The predicted molar refractivity (Wildman–Crippen MR) is 120 cm³/mol. The fraction of sp³-hybridized carbons (Fsp3) is 0.174. The lowest BCUT2D eigenvalue weighted by Gasteiger charge is -2.22. The van der Waals surface area contributed by atoms with E-state index in [-0.39, 0.29) is 18.0 Å². The standard InChI is InChI=1S/C23H23ClN2O3S/c1-17-7-6-8-18(2)23(17)25-22(27)16-26(15-19-11-13-20(24)14-12-19)30(28,29)21-9-4-3-5-10-21/h3-14H,15-16H2,1-2H3,(H,25,27). The molecule has 3 rings (SSSR count). The van der Waals surface area contributed by atoms with Gasteiger partial charge in [-0.15, -0.1) is 0 Å². The van der Waals surface area contributed by atoms with Crippen molar-refractivity contribution in [3.8, 4) is 0 Å². The average molecular weight is 443 g/mol. The van der Waals surface area contributed by atoms with Gasteiger partial charge in [0.05, 0.1) is 11.4 Å². The SMILES string of the molecule is Cc1cccc(C)c1NC(=O)CN(Cc1ccc(Cl)cc1)S(=O)(=O)c1ccccc1. The number of anilines is 1. The quantitative estimate of drug-likeness (QED) is 0.572. The number of hydrogen-bond acceptors (Lipinski definition) is 3. The molecule has 0 radical (unpaired) electrons. The minimum atomic E-state index is -3.88. The second kappa shape index (κ2) is 9.43. The van der Waals surface area contributed by atoms with Gasteiger partial charge in [-0.1, -0.05) is 60.1 Å². The van der Waals surface area contributed by atoms with Crippen molar-refractivity contribution in [1.29, 1.82) is 0 Å². The van der Waals surface area contributed by atoms with Crippen LogP contribution in [-0.2, 0) is 21.4 Å². The van der Waals surface area contributed by atoms with E-state index in [2.05, 4.69) is 5.32 Å². The zero-order valence-corrected chi connectivity index (χ0v) is 18.4. The van der Waals surface area contributed by atoms with E-state index < -0.39 is 15.9 Å². The summed E-state index contributed by atoms with van der Waals surface area (Å²) in [5, 5.41) is 3.42. The molecule has 0 spiro atoms. The van der Waals surface area contributed by atoms with Crippen molar-refractivity contribution in [2.45, 2.75) is 25.3 Å². The first kappa shape index (κ1) is 22.0. The molecule has 0 unspecified atom stereocenters. The van der Waals surface area contributed by atoms with Gasteiger partial charge in [-0.05, 0) is 54.8 Å². The molecule has 0 aliphatic heterocycles. The Morgan fingerprint density at radius 3 is 2.10 bits per heavy atom. The normalized spacial score (nSPS) is 11.5. The van der Waals surface area contributed by atoms with Gasteiger partial charge in [0.1, 0.15) is 0 Å². The largest absolute Gasteiger partial charge is 0.324 e. The maximum absolute atomic E-state index is 13.2. The Morgan fingerprint density at radius 2 is 1.50 bits per heavy atom. The van der Waals surface area contributed by atoms with Crippen LogP contribution in [0.15, 0.2) is 77.7 Å². The Morgan fingerprint density at radius 1 is 0.900 bits per heavy atom. The third-order valence-electron chi connectivity index (χ3n) is 4.72. The molecule has 30 heavy (non-hydrogen) atoms. The molecule has 0 aromatic heterocycles. The summed E-state index contributed by atoms with van der Waals surface area (Å²) < 4.78 is 27.7. The van der Waals surface area contributed by atoms with E-state index in [0.717, 1.165) is 16.7 Å². The van der Waals surface area contributed by atoms with Crippen LogP contribution in [0.25, 0.3) is 0 Å². The van der Waals surface area contributed by atoms with Crippen LogP contribution in [0.2, 0.25) is 5.02 Å². The van der Waals surface area contributed by atoms with Crippen LogP contribution in [-0.4, -0.2) is 25.2 Å². The zero-order chi connectivity index (χ0) is 21.7. The molecule has 0 bridgehead atoms. The fourth-order valence-corrected chi connectivity index (χ4v) is 4.64. The van der Waals surface area contributed by atoms with Crippen molar-refractivity contribution in [1.82, 2.24) is 4.31 Å². The summed E-state index contributed by atoms with van der Waals surface area (Å²) in [6.45, 7) is 3.53. The van der Waals surface area contributed by atoms with Gasteiger partial charge >= 0.3 is 0 Å². The summed E-state index contributed by atoms with van der Waals surface area (Å²) in [4.78, 5) is 12.9. The number of halogens is 1. The summed E-state index contributed by atoms with van der Waals surface area (Å²) in [5.74, 6) is -0.402. The monoisotopic (exact) mass is 442 g/mol. The molecule has 0 aliphatic rings. The summed E-state index contributed by atoms with van der Waals surface area (Å²) in [5.41, 5.74) is 3.27. The van der Waals surface area contributed by atoms with Crippen LogP contribution in [0.3, 0.4) is 0 Å². The highest BCUT2D eigenvalue weighted by Crippen LogP contribution is 2.22. The Balaban J connectivity index is 1.89. The Kier molecular flexibility index (Phi) is 6.92. The number of sulfonamides is 1. The third kappa shape index (κ3) is 5.27. The number of nitrogens with zero attached hydrogens (tertiary/aromatic N) is 1. The Bertz CT molecular complexity index is 1110. The van der Waals surface area contributed by atoms with Crippen LogP contribution in [0, 0.1) is 13.8 Å². The molecule has 3 aromatic rings. The summed E-state index contributed by atoms with van der Waals surface area (Å²) in [6, 6.07) is 20.7. The number of nitrogens with one attached hydrogen (secondary N) is 1. The first-order chi connectivity index (χ1) is 14.3. The van der Waals surface area contributed by atoms with Crippen molar-refractivity contribution in [3.05, 3.63) is 94.5 Å². The molecule has 0 saturated heterocycles. The maximum atomic E-state index is 13.2. The van der Waals surface area contributed by atoms with E-state index in [1.165, 1.54) is 16.4 Å². The van der Waals surface area contributed by atoms with Crippen molar-refractivity contribution in [3.63, 3.8) is 0 Å². The van der Waals surface area contributed by atoms with E-state index >= 15 is 0 Å². The van der Waals surface area contributed by atoms with Gasteiger partial charge in [0.2, 0.25) is 15.9 Å². The van der Waals surface area contributed by atoms with Gasteiger partial charge in [0, 0.05) is 17.3 Å². The highest BCUT2D eigenvalue weighted by Gasteiger charge is 2.27. The van der Waals surface area contributed by atoms with Crippen molar-refractivity contribution >= 4 is 33.2 Å². The lowest BCUT2D eigenvalue weighted by Crippen LogP contribution is -2.37. The molecule has 0 atom stereocenters. The molecule has 0 saturated carbocycles. The number of para-hydroxylation sites is 1. The molecule has 3 aromatic carbocycles. The predicted octanol–water partition coefficient (Wildman–Crippen LogP) is 4.79. The lowest BCUT2D eigenvalue weighted by molar-refractivity contribution is -0.116. The van der Waals surface area contributed by atoms with Crippen LogP contribution in [0.4, 0.5) is 5.69 Å². The molecule has 1 amide bonds. The van der Waals surface area contributed by atoms with Crippen molar-refractivity contribution < 1.29 is 13.2 Å². The third-order valence-corrected chi connectivity index (χ3v) is 6.78. The summed E-state index contributed by atoms with van der Waals surface area (Å²) in [6.07, 6.45) is 0. The number of carbonyl (C=O) groups excluding carboxylic acids is 1. The minimum absolute atomic E-state index is 0.0502. The smallest absolute Gasteiger partial charge is 0.243 e. The fourth-order valence-electron chi connectivity index (χ4n) is 3.11. The van der Waals surface area contributed by atoms with E-state index in [9.17, 15) is 13.2 Å². The van der Waals surface area contributed by atoms with Gasteiger partial charge in [-0.3, -0.25) is 4.79 Å². The number of hydrogen-bond donors (Lipinski definition) is 1. The van der Waals surface area contributed by atoms with Crippen LogP contribution >= 0.6 is 11.6 Å². The van der Waals surface area contributed by atoms with Gasteiger partial charge in [-0.25, -0.2) is 8.42 Å². The second-order valence-electron chi connectivity index (χ2n) is 7.03. The minimum Gasteiger partial charge on any atom is -0.324 e. The van der Waals surface area contributed by atoms with Crippen molar-refractivity contribution in [2.24, 2.45) is 0 Å². The highest BCUT2D eigenvalue weighted by molar-refractivity contribution is 7.89. The lowest BCUT2D eigenvalue weighted by atomic mass is 10.1. The van der Waals surface area contributed by atoms with Crippen molar-refractivity contribution in [2.75, 3.05) is 11.9 Å². The van der Waals surface area contributed by atoms with Gasteiger partial charge in [0.25, 0.3) is 0 Å². The number of benzene rings is 3. The molecule has 0 heterocycles. The maximum Gasteiger partial charge on any atom is 0.243 e. The van der Waals surface area contributed by atoms with E-state index in [0.29, 0.717) is 10.7 Å². The second-order valence-corrected chi connectivity index (χ2v) is 9.40. The van der Waals surface area contributed by atoms with Crippen LogP contribution in [0.5, 0.6) is 0 Å². The Labute approximate surface area is 182 Å². The molecule has 5 nitrogen and oxygen atoms in total. The summed E-state index contributed by atoms with van der Waals surface area (Å²) in [7, 11) is -3.88. The topological polar surface area (TPSA) is 66.5 Å². The molecular formula is C23H23ClN2O3S. The van der Waals surface area contributed by atoms with E-state index in [1.807, 2.05) is 32.0 Å². The number of aryl methyl sites for hydroxylation is 2. The first-order valence-electron chi connectivity index (χ1n) is 9.43. The summed E-state index contributed by atoms with van der Waals surface area (Å²) >= 11 is 5.94. The van der Waals surface area contributed by atoms with E-state index in [1.54, 1.807) is 42.5 Å². The average Bonchev–Trinajstić information content (AvgIpc) is 2.72. The van der Waals surface area contributed by atoms with Crippen LogP contribution in [0.1, 0.15) is 16.7 Å². The number of rotatable bonds is 7. The van der Waals surface area contributed by atoms with Gasteiger partial charge < -0.3 is 5.32 Å². The van der Waals surface area contributed by atoms with E-state index in [4.69, 9.17) is 11.6 Å². The highest BCUT2D eigenvalue weighted by atomic mass is 35.5. The number of amides is 1. The van der Waals surface area contributed by atoms with Gasteiger partial charge in [-0.2, -0.15) is 4.31 Å². The Hall–Kier alpha value is -2.67. The molecular weight excluding hydrogens is 420 g/mol. The molecule has 156 valence electrons. The molecule has 1 N–H and O–H groups in total. The van der Waals surface area contributed by atoms with Gasteiger partial charge in [0.15, 0.2) is 0 Å².